The first-order valence-corrected chi connectivity index (χ1v) is 12.3. The van der Waals surface area contributed by atoms with Gasteiger partial charge < -0.3 is 21.4 Å². The number of halogens is 1. The average molecular weight is 542 g/mol. The summed E-state index contributed by atoms with van der Waals surface area (Å²) >= 11 is 3.54. The van der Waals surface area contributed by atoms with Gasteiger partial charge >= 0.3 is 0 Å². The summed E-state index contributed by atoms with van der Waals surface area (Å²) in [7, 11) is 0. The molecule has 3 aromatic carbocycles. The highest BCUT2D eigenvalue weighted by atomic mass is 79.9. The molecular weight excluding hydrogens is 518 g/mol. The molecule has 0 fully saturated rings. The van der Waals surface area contributed by atoms with Crippen LogP contribution in [0, 0.1) is 0 Å². The summed E-state index contributed by atoms with van der Waals surface area (Å²) in [5.41, 5.74) is 11.2. The van der Waals surface area contributed by atoms with Crippen molar-refractivity contribution in [1.82, 2.24) is 20.6 Å². The number of aromatic nitrogens is 2. The Bertz CT molecular complexity index is 1580. The lowest BCUT2D eigenvalue weighted by Gasteiger charge is -2.11. The first-order valence-electron chi connectivity index (χ1n) is 11.5. The molecule has 5 aromatic rings. The first kappa shape index (κ1) is 23.7. The standard InChI is InChI=1S/C28H24BrN5O2/c29-19-9-10-24-21(11-19)23(16-31-24)26-12-22(20-3-1-2-4-25(20)34-26)28(36)33-15-18-7-5-17(6-8-18)14-32-27(35)13-30/h1-12,16,31H,13-15,30H2,(H,32,35)(H,33,36). The topological polar surface area (TPSA) is 113 Å². The van der Waals surface area contributed by atoms with Gasteiger partial charge in [-0.3, -0.25) is 9.59 Å². The quantitative estimate of drug-likeness (QED) is 0.240. The van der Waals surface area contributed by atoms with Crippen molar-refractivity contribution in [2.24, 2.45) is 5.73 Å². The molecule has 2 heterocycles. The van der Waals surface area contributed by atoms with E-state index in [-0.39, 0.29) is 18.4 Å². The van der Waals surface area contributed by atoms with E-state index in [9.17, 15) is 9.59 Å². The first-order chi connectivity index (χ1) is 17.5. The number of rotatable bonds is 7. The molecule has 7 nitrogen and oxygen atoms in total. The van der Waals surface area contributed by atoms with E-state index in [1.54, 1.807) is 0 Å². The SMILES string of the molecule is NCC(=O)NCc1ccc(CNC(=O)c2cc(-c3c[nH]c4ccc(Br)cc34)nc3ccccc23)cc1. The Morgan fingerprint density at radius 1 is 0.889 bits per heavy atom. The number of hydrogen-bond acceptors (Lipinski definition) is 4. The Morgan fingerprint density at radius 3 is 2.36 bits per heavy atom. The summed E-state index contributed by atoms with van der Waals surface area (Å²) < 4.78 is 0.974. The highest BCUT2D eigenvalue weighted by Crippen LogP contribution is 2.32. The van der Waals surface area contributed by atoms with E-state index >= 15 is 0 Å². The molecule has 0 saturated heterocycles. The molecule has 0 radical (unpaired) electrons. The van der Waals surface area contributed by atoms with Crippen LogP contribution in [-0.4, -0.2) is 28.3 Å². The third kappa shape index (κ3) is 5.00. The van der Waals surface area contributed by atoms with E-state index < -0.39 is 0 Å². The molecule has 0 saturated carbocycles. The van der Waals surface area contributed by atoms with Crippen LogP contribution in [-0.2, 0) is 17.9 Å². The molecule has 2 aromatic heterocycles. The van der Waals surface area contributed by atoms with Gasteiger partial charge in [0.25, 0.3) is 5.91 Å². The molecular formula is C28H24BrN5O2. The second kappa shape index (κ2) is 10.3. The van der Waals surface area contributed by atoms with Gasteiger partial charge in [0.2, 0.25) is 5.91 Å². The molecule has 2 amide bonds. The molecule has 0 aliphatic carbocycles. The van der Waals surface area contributed by atoms with Crippen LogP contribution in [0.25, 0.3) is 33.1 Å². The van der Waals surface area contributed by atoms with E-state index in [1.165, 1.54) is 0 Å². The van der Waals surface area contributed by atoms with E-state index in [4.69, 9.17) is 10.7 Å². The van der Waals surface area contributed by atoms with Gasteiger partial charge in [-0.2, -0.15) is 0 Å². The maximum absolute atomic E-state index is 13.3. The molecule has 5 rings (SSSR count). The zero-order valence-corrected chi connectivity index (χ0v) is 20.9. The number of nitrogens with zero attached hydrogens (tertiary/aromatic N) is 1. The van der Waals surface area contributed by atoms with Crippen molar-refractivity contribution < 1.29 is 9.59 Å². The fourth-order valence-corrected chi connectivity index (χ4v) is 4.49. The molecule has 0 atom stereocenters. The van der Waals surface area contributed by atoms with E-state index in [0.29, 0.717) is 18.7 Å². The number of carbonyl (C=O) groups is 2. The number of amides is 2. The zero-order valence-electron chi connectivity index (χ0n) is 19.3. The van der Waals surface area contributed by atoms with Crippen LogP contribution in [0.5, 0.6) is 0 Å². The number of fused-ring (bicyclic) bond motifs is 2. The molecule has 5 N–H and O–H groups in total. The predicted octanol–water partition coefficient (Wildman–Crippen LogP) is 4.65. The second-order valence-electron chi connectivity index (χ2n) is 8.44. The number of benzene rings is 3. The number of hydrogen-bond donors (Lipinski definition) is 4. The van der Waals surface area contributed by atoms with Crippen molar-refractivity contribution >= 4 is 49.6 Å². The molecule has 0 bridgehead atoms. The van der Waals surface area contributed by atoms with Crippen molar-refractivity contribution in [2.75, 3.05) is 6.54 Å². The van der Waals surface area contributed by atoms with Crippen molar-refractivity contribution in [1.29, 1.82) is 0 Å². The van der Waals surface area contributed by atoms with Crippen LogP contribution >= 0.6 is 15.9 Å². The van der Waals surface area contributed by atoms with Crippen molar-refractivity contribution in [3.8, 4) is 11.3 Å². The fourth-order valence-electron chi connectivity index (χ4n) is 4.13. The molecule has 0 spiro atoms. The maximum atomic E-state index is 13.3. The van der Waals surface area contributed by atoms with Crippen LogP contribution < -0.4 is 16.4 Å². The van der Waals surface area contributed by atoms with Crippen LogP contribution in [0.3, 0.4) is 0 Å². The predicted molar refractivity (Wildman–Crippen MR) is 145 cm³/mol. The van der Waals surface area contributed by atoms with E-state index in [0.717, 1.165) is 48.7 Å². The number of nitrogens with one attached hydrogen (secondary N) is 3. The molecule has 0 aliphatic rings. The summed E-state index contributed by atoms with van der Waals surface area (Å²) in [6.07, 6.45) is 1.92. The van der Waals surface area contributed by atoms with Crippen LogP contribution in [0.2, 0.25) is 0 Å². The summed E-state index contributed by atoms with van der Waals surface area (Å²) in [5.74, 6) is -0.370. The Labute approximate surface area is 216 Å². The Hall–Kier alpha value is -4.01. The third-order valence-electron chi connectivity index (χ3n) is 6.03. The molecule has 180 valence electrons. The summed E-state index contributed by atoms with van der Waals surface area (Å²) in [6, 6.07) is 23.3. The number of para-hydroxylation sites is 1. The molecule has 8 heteroatoms. The second-order valence-corrected chi connectivity index (χ2v) is 9.36. The summed E-state index contributed by atoms with van der Waals surface area (Å²) in [6.45, 7) is 0.756. The van der Waals surface area contributed by atoms with E-state index in [2.05, 4.69) is 31.5 Å². The minimum atomic E-state index is -0.199. The lowest BCUT2D eigenvalue weighted by atomic mass is 10.0. The van der Waals surface area contributed by atoms with Crippen LogP contribution in [0.4, 0.5) is 0 Å². The van der Waals surface area contributed by atoms with E-state index in [1.807, 2.05) is 79.0 Å². The number of carbonyl (C=O) groups excluding carboxylic acids is 2. The highest BCUT2D eigenvalue weighted by molar-refractivity contribution is 9.10. The highest BCUT2D eigenvalue weighted by Gasteiger charge is 2.16. The smallest absolute Gasteiger partial charge is 0.252 e. The van der Waals surface area contributed by atoms with Crippen LogP contribution in [0.1, 0.15) is 21.5 Å². The van der Waals surface area contributed by atoms with Gasteiger partial charge in [0, 0.05) is 45.6 Å². The minimum Gasteiger partial charge on any atom is -0.360 e. The molecule has 36 heavy (non-hydrogen) atoms. The lowest BCUT2D eigenvalue weighted by Crippen LogP contribution is -2.29. The Balaban J connectivity index is 1.40. The maximum Gasteiger partial charge on any atom is 0.252 e. The van der Waals surface area contributed by atoms with Crippen molar-refractivity contribution in [2.45, 2.75) is 13.1 Å². The Kier molecular flexibility index (Phi) is 6.79. The number of H-pyrrole nitrogens is 1. The van der Waals surface area contributed by atoms with Crippen molar-refractivity contribution in [3.63, 3.8) is 0 Å². The largest absolute Gasteiger partial charge is 0.360 e. The zero-order chi connectivity index (χ0) is 25.1. The summed E-state index contributed by atoms with van der Waals surface area (Å²) in [4.78, 5) is 32.8. The lowest BCUT2D eigenvalue weighted by molar-refractivity contribution is -0.119. The van der Waals surface area contributed by atoms with Crippen LogP contribution in [0.15, 0.2) is 83.5 Å². The van der Waals surface area contributed by atoms with Crippen molar-refractivity contribution in [3.05, 3.63) is 100 Å². The van der Waals surface area contributed by atoms with Gasteiger partial charge in [0.1, 0.15) is 0 Å². The number of pyridine rings is 1. The fraction of sp³-hybridized carbons (Fsp3) is 0.107. The number of aromatic amines is 1. The van der Waals surface area contributed by atoms with Gasteiger partial charge in [-0.05, 0) is 41.5 Å². The minimum absolute atomic E-state index is 0.0344. The Morgan fingerprint density at radius 2 is 1.61 bits per heavy atom. The average Bonchev–Trinajstić information content (AvgIpc) is 3.33. The normalized spacial score (nSPS) is 11.1. The van der Waals surface area contributed by atoms with Gasteiger partial charge in [0.05, 0.1) is 23.3 Å². The van der Waals surface area contributed by atoms with Gasteiger partial charge in [-0.1, -0.05) is 58.4 Å². The molecule has 0 aliphatic heterocycles. The van der Waals surface area contributed by atoms with Gasteiger partial charge in [-0.15, -0.1) is 0 Å². The van der Waals surface area contributed by atoms with Gasteiger partial charge in [0.15, 0.2) is 0 Å². The number of nitrogens with two attached hydrogens (primary N) is 1. The third-order valence-corrected chi connectivity index (χ3v) is 6.52. The monoisotopic (exact) mass is 541 g/mol. The summed E-state index contributed by atoms with van der Waals surface area (Å²) in [5, 5.41) is 7.61. The molecule has 0 unspecified atom stereocenters. The van der Waals surface area contributed by atoms with Gasteiger partial charge in [-0.25, -0.2) is 4.98 Å².